The zero-order chi connectivity index (χ0) is 15.5. The van der Waals surface area contributed by atoms with Crippen LogP contribution in [0.5, 0.6) is 5.88 Å². The monoisotopic (exact) mass is 312 g/mol. The highest BCUT2D eigenvalue weighted by molar-refractivity contribution is 7.92. The van der Waals surface area contributed by atoms with Gasteiger partial charge in [-0.25, -0.2) is 22.6 Å². The van der Waals surface area contributed by atoms with E-state index in [1.165, 1.54) is 12.1 Å². The van der Waals surface area contributed by atoms with Crippen LogP contribution in [-0.2, 0) is 10.0 Å². The number of ether oxygens (including phenoxy) is 1. The molecular formula is C12H9FN2O5S. The highest BCUT2D eigenvalue weighted by atomic mass is 32.2. The van der Waals surface area contributed by atoms with Crippen LogP contribution in [0.4, 0.5) is 14.9 Å². The smallest absolute Gasteiger partial charge is 0.449 e. The van der Waals surface area contributed by atoms with Crippen molar-refractivity contribution in [1.29, 1.82) is 0 Å². The first kappa shape index (κ1) is 14.7. The Bertz CT molecular complexity index is 744. The summed E-state index contributed by atoms with van der Waals surface area (Å²) in [4.78, 5) is 13.8. The number of pyridine rings is 1. The molecule has 2 rings (SSSR count). The normalized spacial score (nSPS) is 10.9. The molecule has 0 fully saturated rings. The van der Waals surface area contributed by atoms with E-state index in [0.717, 1.165) is 30.5 Å². The fourth-order valence-corrected chi connectivity index (χ4v) is 2.46. The van der Waals surface area contributed by atoms with Gasteiger partial charge in [0.15, 0.2) is 0 Å². The Kier molecular flexibility index (Phi) is 4.03. The fraction of sp³-hybridized carbons (Fsp3) is 0. The van der Waals surface area contributed by atoms with Crippen molar-refractivity contribution in [2.45, 2.75) is 4.90 Å². The maximum atomic E-state index is 12.8. The molecule has 0 radical (unpaired) electrons. The molecule has 0 unspecified atom stereocenters. The third kappa shape index (κ3) is 3.89. The van der Waals surface area contributed by atoms with E-state index in [-0.39, 0.29) is 16.5 Å². The standard InChI is InChI=1S/C12H9FN2O5S/c13-8-1-4-10(5-2-8)21(18,19)15-9-3-6-11(14-7-9)20-12(16)17/h1-7,15H,(H,16,17). The third-order valence-electron chi connectivity index (χ3n) is 2.30. The number of sulfonamides is 1. The molecule has 1 aromatic carbocycles. The molecule has 1 aromatic heterocycles. The quantitative estimate of drug-likeness (QED) is 0.837. The van der Waals surface area contributed by atoms with Crippen molar-refractivity contribution in [1.82, 2.24) is 4.98 Å². The SMILES string of the molecule is O=C(O)Oc1ccc(NS(=O)(=O)c2ccc(F)cc2)cn1. The zero-order valence-electron chi connectivity index (χ0n) is 10.4. The fourth-order valence-electron chi connectivity index (χ4n) is 1.42. The first-order valence-corrected chi connectivity index (χ1v) is 7.00. The van der Waals surface area contributed by atoms with Crippen LogP contribution in [0.2, 0.25) is 0 Å². The molecule has 0 aliphatic rings. The van der Waals surface area contributed by atoms with Gasteiger partial charge >= 0.3 is 6.16 Å². The second-order valence-electron chi connectivity index (χ2n) is 3.81. The van der Waals surface area contributed by atoms with Crippen molar-refractivity contribution < 1.29 is 27.4 Å². The number of hydrogen-bond acceptors (Lipinski definition) is 5. The lowest BCUT2D eigenvalue weighted by atomic mass is 10.4. The van der Waals surface area contributed by atoms with Gasteiger partial charge in [0.2, 0.25) is 5.88 Å². The maximum Gasteiger partial charge on any atom is 0.512 e. The van der Waals surface area contributed by atoms with Gasteiger partial charge in [-0.1, -0.05) is 0 Å². The molecule has 2 N–H and O–H groups in total. The van der Waals surface area contributed by atoms with Crippen LogP contribution in [0.15, 0.2) is 47.5 Å². The number of aromatic nitrogens is 1. The molecule has 0 amide bonds. The van der Waals surface area contributed by atoms with Crippen molar-refractivity contribution in [2.24, 2.45) is 0 Å². The summed E-state index contributed by atoms with van der Waals surface area (Å²) in [5.41, 5.74) is 0.108. The second-order valence-corrected chi connectivity index (χ2v) is 5.49. The van der Waals surface area contributed by atoms with Gasteiger partial charge in [-0.2, -0.15) is 0 Å². The summed E-state index contributed by atoms with van der Waals surface area (Å²) in [6.45, 7) is 0. The lowest BCUT2D eigenvalue weighted by Crippen LogP contribution is -2.13. The van der Waals surface area contributed by atoms with Crippen LogP contribution in [0.1, 0.15) is 0 Å². The molecule has 0 saturated carbocycles. The first-order valence-electron chi connectivity index (χ1n) is 5.52. The van der Waals surface area contributed by atoms with Crippen molar-refractivity contribution in [3.05, 3.63) is 48.4 Å². The second kappa shape index (κ2) is 5.75. The number of anilines is 1. The predicted molar refractivity (Wildman–Crippen MR) is 70.1 cm³/mol. The molecule has 0 saturated heterocycles. The van der Waals surface area contributed by atoms with E-state index < -0.39 is 22.0 Å². The number of nitrogens with one attached hydrogen (secondary N) is 1. The molecule has 0 aliphatic heterocycles. The average Bonchev–Trinajstić information content (AvgIpc) is 2.40. The van der Waals surface area contributed by atoms with Crippen molar-refractivity contribution in [3.8, 4) is 5.88 Å². The average molecular weight is 312 g/mol. The molecule has 7 nitrogen and oxygen atoms in total. The van der Waals surface area contributed by atoms with Gasteiger partial charge in [-0.3, -0.25) is 4.72 Å². The Morgan fingerprint density at radius 1 is 1.19 bits per heavy atom. The Hall–Kier alpha value is -2.68. The van der Waals surface area contributed by atoms with Crippen molar-refractivity contribution >= 4 is 21.9 Å². The Morgan fingerprint density at radius 2 is 1.86 bits per heavy atom. The number of carbonyl (C=O) groups is 1. The summed E-state index contributed by atoms with van der Waals surface area (Å²) >= 11 is 0. The van der Waals surface area contributed by atoms with Gasteiger partial charge in [0, 0.05) is 6.07 Å². The van der Waals surface area contributed by atoms with Gasteiger partial charge in [0.1, 0.15) is 5.82 Å². The van der Waals surface area contributed by atoms with Gasteiger partial charge in [-0.15, -0.1) is 0 Å². The number of rotatable bonds is 4. The molecule has 1 heterocycles. The summed E-state index contributed by atoms with van der Waals surface area (Å²) in [6.07, 6.45) is -0.429. The summed E-state index contributed by atoms with van der Waals surface area (Å²) in [7, 11) is -3.88. The molecule has 0 spiro atoms. The summed E-state index contributed by atoms with van der Waals surface area (Å²) in [6, 6.07) is 6.76. The number of carboxylic acid groups (broad SMARTS) is 1. The highest BCUT2D eigenvalue weighted by Gasteiger charge is 2.14. The lowest BCUT2D eigenvalue weighted by molar-refractivity contribution is 0.142. The zero-order valence-corrected chi connectivity index (χ0v) is 11.2. The van der Waals surface area contributed by atoms with E-state index in [1.807, 2.05) is 0 Å². The Morgan fingerprint density at radius 3 is 2.38 bits per heavy atom. The van der Waals surface area contributed by atoms with Crippen molar-refractivity contribution in [3.63, 3.8) is 0 Å². The maximum absolute atomic E-state index is 12.8. The van der Waals surface area contributed by atoms with E-state index in [0.29, 0.717) is 0 Å². The van der Waals surface area contributed by atoms with Crippen LogP contribution in [0.3, 0.4) is 0 Å². The summed E-state index contributed by atoms with van der Waals surface area (Å²) in [5, 5.41) is 8.39. The van der Waals surface area contributed by atoms with E-state index in [4.69, 9.17) is 5.11 Å². The topological polar surface area (TPSA) is 106 Å². The van der Waals surface area contributed by atoms with Crippen molar-refractivity contribution in [2.75, 3.05) is 4.72 Å². The minimum atomic E-state index is -3.88. The first-order chi connectivity index (χ1) is 9.87. The minimum absolute atomic E-state index is 0.108. The van der Waals surface area contributed by atoms with E-state index >= 15 is 0 Å². The van der Waals surface area contributed by atoms with Gasteiger partial charge < -0.3 is 9.84 Å². The Balaban J connectivity index is 2.16. The molecular weight excluding hydrogens is 303 g/mol. The van der Waals surface area contributed by atoms with E-state index in [2.05, 4.69) is 14.4 Å². The third-order valence-corrected chi connectivity index (χ3v) is 3.70. The van der Waals surface area contributed by atoms with Gasteiger partial charge in [0.25, 0.3) is 10.0 Å². The van der Waals surface area contributed by atoms with Gasteiger partial charge in [0.05, 0.1) is 16.8 Å². The molecule has 0 bridgehead atoms. The molecule has 0 aliphatic carbocycles. The minimum Gasteiger partial charge on any atom is -0.449 e. The van der Waals surface area contributed by atoms with Crippen LogP contribution < -0.4 is 9.46 Å². The number of benzene rings is 1. The number of halogens is 1. The van der Waals surface area contributed by atoms with Crippen LogP contribution in [-0.4, -0.2) is 24.7 Å². The Labute approximate surface area is 119 Å². The number of nitrogens with zero attached hydrogens (tertiary/aromatic N) is 1. The lowest BCUT2D eigenvalue weighted by Gasteiger charge is -2.08. The summed E-state index contributed by atoms with van der Waals surface area (Å²) in [5.74, 6) is -0.738. The van der Waals surface area contributed by atoms with Crippen LogP contribution >= 0.6 is 0 Å². The van der Waals surface area contributed by atoms with Crippen LogP contribution in [0, 0.1) is 5.82 Å². The van der Waals surface area contributed by atoms with Crippen LogP contribution in [0.25, 0.3) is 0 Å². The summed E-state index contributed by atoms with van der Waals surface area (Å²) < 4.78 is 43.2. The van der Waals surface area contributed by atoms with E-state index in [9.17, 15) is 17.6 Å². The molecule has 9 heteroatoms. The molecule has 2 aromatic rings. The predicted octanol–water partition coefficient (Wildman–Crippen LogP) is 2.08. The largest absolute Gasteiger partial charge is 0.512 e. The number of hydrogen-bond donors (Lipinski definition) is 2. The molecule has 21 heavy (non-hydrogen) atoms. The highest BCUT2D eigenvalue weighted by Crippen LogP contribution is 2.17. The molecule has 0 atom stereocenters. The van der Waals surface area contributed by atoms with E-state index in [1.54, 1.807) is 0 Å². The van der Waals surface area contributed by atoms with Gasteiger partial charge in [-0.05, 0) is 30.3 Å². The molecule has 110 valence electrons.